The number of carbonyl (C=O) groups is 4. The maximum absolute atomic E-state index is 12.8. The van der Waals surface area contributed by atoms with Crippen LogP contribution in [-0.4, -0.2) is 30.3 Å². The molecule has 1 saturated carbocycles. The second kappa shape index (κ2) is 9.12. The van der Waals surface area contributed by atoms with Crippen LogP contribution in [0, 0.1) is 18.8 Å². The fraction of sp³-hybridized carbons (Fsp3) is 0.333. The van der Waals surface area contributed by atoms with Gasteiger partial charge >= 0.3 is 5.97 Å². The van der Waals surface area contributed by atoms with Crippen LogP contribution < -0.4 is 10.2 Å². The first kappa shape index (κ1) is 22.0. The van der Waals surface area contributed by atoms with E-state index in [4.69, 9.17) is 16.3 Å². The Bertz CT molecular complexity index is 1080. The van der Waals surface area contributed by atoms with E-state index in [9.17, 15) is 19.2 Å². The smallest absolute Gasteiger partial charge is 0.338 e. The van der Waals surface area contributed by atoms with Gasteiger partial charge in [0.05, 0.1) is 23.1 Å². The molecule has 7 nitrogen and oxygen atoms in total. The minimum Gasteiger partial charge on any atom is -0.452 e. The molecule has 0 spiro atoms. The van der Waals surface area contributed by atoms with Crippen LogP contribution >= 0.6 is 11.6 Å². The number of ether oxygens (including phenoxy) is 1. The van der Waals surface area contributed by atoms with Crippen LogP contribution in [0.25, 0.3) is 0 Å². The van der Waals surface area contributed by atoms with Gasteiger partial charge in [0, 0.05) is 10.7 Å². The summed E-state index contributed by atoms with van der Waals surface area (Å²) in [6, 6.07) is 11.3. The third-order valence-electron chi connectivity index (χ3n) is 5.97. The molecule has 2 atom stereocenters. The van der Waals surface area contributed by atoms with Crippen molar-refractivity contribution in [2.75, 3.05) is 16.8 Å². The standard InChI is InChI=1S/C24H23ClN2O5/c1-14-9-10-16(12-20(14)25)26-21(28)13-32-24(31)15-5-4-6-17(11-15)27-22(29)18-7-2-3-8-19(18)23(27)30/h4-6,9-12,18-19H,2-3,7-8,13H2,1H3,(H,26,28)/t18-,19+. The topological polar surface area (TPSA) is 92.8 Å². The van der Waals surface area contributed by atoms with Gasteiger partial charge in [-0.25, -0.2) is 4.79 Å². The summed E-state index contributed by atoms with van der Waals surface area (Å²) in [7, 11) is 0. The van der Waals surface area contributed by atoms with Gasteiger partial charge in [0.25, 0.3) is 5.91 Å². The Morgan fingerprint density at radius 3 is 2.41 bits per heavy atom. The van der Waals surface area contributed by atoms with Crippen molar-refractivity contribution in [2.45, 2.75) is 32.6 Å². The Balaban J connectivity index is 1.40. The van der Waals surface area contributed by atoms with Crippen molar-refractivity contribution >= 4 is 46.7 Å². The van der Waals surface area contributed by atoms with E-state index in [1.165, 1.54) is 17.0 Å². The van der Waals surface area contributed by atoms with Crippen molar-refractivity contribution < 1.29 is 23.9 Å². The number of aryl methyl sites for hydroxylation is 1. The maximum Gasteiger partial charge on any atom is 0.338 e. The Morgan fingerprint density at radius 1 is 1.06 bits per heavy atom. The molecular formula is C24H23ClN2O5. The molecule has 1 saturated heterocycles. The summed E-state index contributed by atoms with van der Waals surface area (Å²) in [5.74, 6) is -2.19. The molecule has 1 N–H and O–H groups in total. The van der Waals surface area contributed by atoms with E-state index in [1.54, 1.807) is 30.3 Å². The molecule has 3 amide bonds. The molecule has 0 unspecified atom stereocenters. The zero-order chi connectivity index (χ0) is 22.8. The van der Waals surface area contributed by atoms with E-state index in [0.717, 1.165) is 31.2 Å². The molecule has 4 rings (SSSR count). The average molecular weight is 455 g/mol. The zero-order valence-electron chi connectivity index (χ0n) is 17.6. The molecule has 0 radical (unpaired) electrons. The van der Waals surface area contributed by atoms with Crippen LogP contribution in [0.4, 0.5) is 11.4 Å². The van der Waals surface area contributed by atoms with Gasteiger partial charge in [-0.1, -0.05) is 36.6 Å². The quantitative estimate of drug-likeness (QED) is 0.541. The lowest BCUT2D eigenvalue weighted by atomic mass is 9.81. The molecule has 2 aromatic rings. The highest BCUT2D eigenvalue weighted by molar-refractivity contribution is 6.31. The molecule has 1 aliphatic heterocycles. The molecule has 0 bridgehead atoms. The number of nitrogens with zero attached hydrogens (tertiary/aromatic N) is 1. The second-order valence-electron chi connectivity index (χ2n) is 8.15. The first-order chi connectivity index (χ1) is 15.3. The highest BCUT2D eigenvalue weighted by atomic mass is 35.5. The summed E-state index contributed by atoms with van der Waals surface area (Å²) in [4.78, 5) is 51.4. The van der Waals surface area contributed by atoms with Crippen LogP contribution in [0.3, 0.4) is 0 Å². The third-order valence-corrected chi connectivity index (χ3v) is 6.38. The average Bonchev–Trinajstić information content (AvgIpc) is 3.05. The predicted molar refractivity (Wildman–Crippen MR) is 119 cm³/mol. The number of hydrogen-bond acceptors (Lipinski definition) is 5. The number of carbonyl (C=O) groups excluding carboxylic acids is 4. The van der Waals surface area contributed by atoms with Crippen LogP contribution in [-0.2, 0) is 19.1 Å². The lowest BCUT2D eigenvalue weighted by Gasteiger charge is -2.19. The molecule has 2 fully saturated rings. The number of hydrogen-bond donors (Lipinski definition) is 1. The van der Waals surface area contributed by atoms with Gasteiger partial charge in [-0.15, -0.1) is 0 Å². The molecule has 2 aliphatic rings. The van der Waals surface area contributed by atoms with Crippen molar-refractivity contribution in [3.05, 3.63) is 58.6 Å². The molecule has 2 aromatic carbocycles. The summed E-state index contributed by atoms with van der Waals surface area (Å²) in [5.41, 5.74) is 1.88. The summed E-state index contributed by atoms with van der Waals surface area (Å²) < 4.78 is 5.11. The maximum atomic E-state index is 12.8. The van der Waals surface area contributed by atoms with E-state index in [2.05, 4.69) is 5.32 Å². The second-order valence-corrected chi connectivity index (χ2v) is 8.56. The predicted octanol–water partition coefficient (Wildman–Crippen LogP) is 4.12. The number of anilines is 2. The van der Waals surface area contributed by atoms with Gasteiger partial charge in [0.15, 0.2) is 6.61 Å². The molecule has 8 heteroatoms. The van der Waals surface area contributed by atoms with E-state index in [0.29, 0.717) is 16.4 Å². The number of halogens is 1. The minimum absolute atomic E-state index is 0.157. The Kier molecular flexibility index (Phi) is 6.28. The van der Waals surface area contributed by atoms with Crippen LogP contribution in [0.2, 0.25) is 5.02 Å². The van der Waals surface area contributed by atoms with Gasteiger partial charge in [-0.2, -0.15) is 0 Å². The number of rotatable bonds is 5. The van der Waals surface area contributed by atoms with E-state index >= 15 is 0 Å². The van der Waals surface area contributed by atoms with Crippen molar-refractivity contribution in [1.82, 2.24) is 0 Å². The van der Waals surface area contributed by atoms with E-state index in [1.807, 2.05) is 6.92 Å². The molecule has 1 heterocycles. The van der Waals surface area contributed by atoms with Crippen LogP contribution in [0.1, 0.15) is 41.6 Å². The number of amides is 3. The summed E-state index contributed by atoms with van der Waals surface area (Å²) >= 11 is 6.05. The highest BCUT2D eigenvalue weighted by Gasteiger charge is 2.48. The summed E-state index contributed by atoms with van der Waals surface area (Å²) in [5, 5.41) is 3.13. The molecule has 32 heavy (non-hydrogen) atoms. The molecular weight excluding hydrogens is 432 g/mol. The lowest BCUT2D eigenvalue weighted by Crippen LogP contribution is -2.31. The largest absolute Gasteiger partial charge is 0.452 e. The number of nitrogens with one attached hydrogen (secondary N) is 1. The van der Waals surface area contributed by atoms with Gasteiger partial charge < -0.3 is 10.1 Å². The minimum atomic E-state index is -0.722. The van der Waals surface area contributed by atoms with E-state index < -0.39 is 18.5 Å². The van der Waals surface area contributed by atoms with Gasteiger partial charge in [0.1, 0.15) is 0 Å². The number of fused-ring (bicyclic) bond motifs is 1. The molecule has 1 aliphatic carbocycles. The van der Waals surface area contributed by atoms with Crippen molar-refractivity contribution in [3.8, 4) is 0 Å². The fourth-order valence-electron chi connectivity index (χ4n) is 4.27. The van der Waals surface area contributed by atoms with Crippen molar-refractivity contribution in [2.24, 2.45) is 11.8 Å². The van der Waals surface area contributed by atoms with Crippen molar-refractivity contribution in [1.29, 1.82) is 0 Å². The summed E-state index contributed by atoms with van der Waals surface area (Å²) in [6.07, 6.45) is 3.32. The molecule has 166 valence electrons. The lowest BCUT2D eigenvalue weighted by molar-refractivity contribution is -0.122. The Hall–Kier alpha value is -3.19. The number of benzene rings is 2. The fourth-order valence-corrected chi connectivity index (χ4v) is 4.45. The third kappa shape index (κ3) is 4.39. The Labute approximate surface area is 190 Å². The highest BCUT2D eigenvalue weighted by Crippen LogP contribution is 2.40. The number of esters is 1. The van der Waals surface area contributed by atoms with Gasteiger partial charge in [0.2, 0.25) is 11.8 Å². The first-order valence-electron chi connectivity index (χ1n) is 10.6. The monoisotopic (exact) mass is 454 g/mol. The Morgan fingerprint density at radius 2 is 1.75 bits per heavy atom. The summed E-state index contributed by atoms with van der Waals surface area (Å²) in [6.45, 7) is 1.36. The van der Waals surface area contributed by atoms with Gasteiger partial charge in [-0.05, 0) is 55.7 Å². The first-order valence-corrected chi connectivity index (χ1v) is 10.9. The van der Waals surface area contributed by atoms with Crippen molar-refractivity contribution in [3.63, 3.8) is 0 Å². The van der Waals surface area contributed by atoms with Gasteiger partial charge in [-0.3, -0.25) is 19.3 Å². The normalized spacial score (nSPS) is 20.1. The van der Waals surface area contributed by atoms with Crippen LogP contribution in [0.5, 0.6) is 0 Å². The molecule has 0 aromatic heterocycles. The zero-order valence-corrected chi connectivity index (χ0v) is 18.4. The number of imide groups is 1. The van der Waals surface area contributed by atoms with E-state index in [-0.39, 0.29) is 29.2 Å². The van der Waals surface area contributed by atoms with Crippen LogP contribution in [0.15, 0.2) is 42.5 Å². The SMILES string of the molecule is Cc1ccc(NC(=O)COC(=O)c2cccc(N3C(=O)[C@H]4CCCC[C@H]4C3=O)c2)cc1Cl.